The van der Waals surface area contributed by atoms with Gasteiger partial charge in [0.1, 0.15) is 11.5 Å². The van der Waals surface area contributed by atoms with Crippen LogP contribution in [0.25, 0.3) is 0 Å². The molecule has 2 aromatic rings. The molecule has 0 aromatic carbocycles. The number of thiazole rings is 1. The number of carboxylic acids is 1. The van der Waals surface area contributed by atoms with Gasteiger partial charge in [-0.1, -0.05) is 6.07 Å². The Kier molecular flexibility index (Phi) is 5.60. The second kappa shape index (κ2) is 8.06. The first-order chi connectivity index (χ1) is 12.1. The Hall–Kier alpha value is -2.48. The molecule has 0 radical (unpaired) electrons. The number of hydrogen-bond acceptors (Lipinski definition) is 6. The van der Waals surface area contributed by atoms with E-state index in [0.29, 0.717) is 29.6 Å². The van der Waals surface area contributed by atoms with Crippen LogP contribution in [0.5, 0.6) is 0 Å². The summed E-state index contributed by atoms with van der Waals surface area (Å²) in [6.07, 6.45) is 5.07. The number of carbonyl (C=O) groups is 2. The number of hydrogen-bond donors (Lipinski definition) is 2. The van der Waals surface area contributed by atoms with Gasteiger partial charge in [-0.2, -0.15) is 0 Å². The van der Waals surface area contributed by atoms with Crippen molar-refractivity contribution in [2.75, 3.05) is 11.9 Å². The summed E-state index contributed by atoms with van der Waals surface area (Å²) in [4.78, 5) is 34.0. The normalized spacial score (nSPS) is 17.3. The molecule has 2 N–H and O–H groups in total. The summed E-state index contributed by atoms with van der Waals surface area (Å²) in [6, 6.07) is 5.51. The second-order valence-corrected chi connectivity index (χ2v) is 6.82. The maximum Gasteiger partial charge on any atom is 0.303 e. The van der Waals surface area contributed by atoms with Crippen LogP contribution in [0.4, 0.5) is 10.9 Å². The summed E-state index contributed by atoms with van der Waals surface area (Å²) >= 11 is 1.35. The molecule has 0 saturated carbocycles. The third kappa shape index (κ3) is 4.54. The van der Waals surface area contributed by atoms with E-state index in [4.69, 9.17) is 5.11 Å². The van der Waals surface area contributed by atoms with Gasteiger partial charge in [-0.05, 0) is 37.8 Å². The van der Waals surface area contributed by atoms with E-state index in [0.717, 1.165) is 19.3 Å². The number of amides is 1. The Morgan fingerprint density at radius 3 is 3.00 bits per heavy atom. The molecule has 1 aliphatic rings. The topological polar surface area (TPSA) is 95.4 Å². The van der Waals surface area contributed by atoms with Crippen LogP contribution >= 0.6 is 11.3 Å². The van der Waals surface area contributed by atoms with E-state index in [1.165, 1.54) is 11.3 Å². The molecule has 8 heteroatoms. The van der Waals surface area contributed by atoms with Crippen LogP contribution in [0.1, 0.15) is 42.6 Å². The number of carboxylic acid groups (broad SMARTS) is 1. The number of pyridine rings is 1. The Morgan fingerprint density at radius 2 is 2.24 bits per heavy atom. The average molecular weight is 360 g/mol. The summed E-state index contributed by atoms with van der Waals surface area (Å²) in [5.74, 6) is -0.276. The molecule has 0 aliphatic carbocycles. The molecule has 3 rings (SSSR count). The van der Waals surface area contributed by atoms with E-state index >= 15 is 0 Å². The number of nitrogens with zero attached hydrogens (tertiary/aromatic N) is 3. The van der Waals surface area contributed by atoms with Crippen LogP contribution in [0.2, 0.25) is 0 Å². The molecule has 1 aliphatic heterocycles. The van der Waals surface area contributed by atoms with Crippen molar-refractivity contribution in [2.24, 2.45) is 0 Å². The van der Waals surface area contributed by atoms with E-state index < -0.39 is 5.97 Å². The van der Waals surface area contributed by atoms with E-state index in [-0.39, 0.29) is 18.4 Å². The van der Waals surface area contributed by atoms with Gasteiger partial charge in [0.2, 0.25) is 0 Å². The fraction of sp³-hybridized carbons (Fsp3) is 0.412. The number of piperidine rings is 1. The molecule has 1 unspecified atom stereocenters. The predicted molar refractivity (Wildman–Crippen MR) is 95.2 cm³/mol. The van der Waals surface area contributed by atoms with E-state index in [1.54, 1.807) is 16.5 Å². The Balaban J connectivity index is 1.68. The van der Waals surface area contributed by atoms with Crippen LogP contribution in [-0.2, 0) is 4.79 Å². The Labute approximate surface area is 149 Å². The highest BCUT2D eigenvalue weighted by molar-refractivity contribution is 7.14. The van der Waals surface area contributed by atoms with Gasteiger partial charge >= 0.3 is 5.97 Å². The molecule has 0 spiro atoms. The van der Waals surface area contributed by atoms with Crippen LogP contribution < -0.4 is 5.32 Å². The van der Waals surface area contributed by atoms with Gasteiger partial charge in [0.15, 0.2) is 5.13 Å². The minimum atomic E-state index is -0.825. The number of likely N-dealkylation sites (tertiary alicyclic amines) is 1. The molecule has 132 valence electrons. The monoisotopic (exact) mass is 360 g/mol. The fourth-order valence-electron chi connectivity index (χ4n) is 2.98. The minimum Gasteiger partial charge on any atom is -0.481 e. The van der Waals surface area contributed by atoms with Crippen molar-refractivity contribution in [2.45, 2.75) is 38.1 Å². The largest absolute Gasteiger partial charge is 0.481 e. The summed E-state index contributed by atoms with van der Waals surface area (Å²) in [6.45, 7) is 0.656. The lowest BCUT2D eigenvalue weighted by molar-refractivity contribution is -0.137. The van der Waals surface area contributed by atoms with Crippen molar-refractivity contribution in [1.82, 2.24) is 14.9 Å². The maximum atomic E-state index is 12.8. The molecular formula is C17H20N4O3S. The number of carbonyl (C=O) groups excluding carboxylic acids is 1. The van der Waals surface area contributed by atoms with Crippen molar-refractivity contribution in [3.8, 4) is 0 Å². The molecular weight excluding hydrogens is 340 g/mol. The van der Waals surface area contributed by atoms with Crippen molar-refractivity contribution < 1.29 is 14.7 Å². The second-order valence-electron chi connectivity index (χ2n) is 5.96. The molecule has 1 saturated heterocycles. The van der Waals surface area contributed by atoms with Crippen LogP contribution in [0, 0.1) is 0 Å². The molecule has 1 amide bonds. The zero-order valence-corrected chi connectivity index (χ0v) is 14.5. The first-order valence-electron chi connectivity index (χ1n) is 8.30. The van der Waals surface area contributed by atoms with Gasteiger partial charge in [0.05, 0.1) is 0 Å². The van der Waals surface area contributed by atoms with Gasteiger partial charge in [0.25, 0.3) is 5.91 Å². The van der Waals surface area contributed by atoms with E-state index in [1.807, 2.05) is 18.2 Å². The zero-order valence-electron chi connectivity index (χ0n) is 13.7. The van der Waals surface area contributed by atoms with Gasteiger partial charge in [-0.15, -0.1) is 11.3 Å². The predicted octanol–water partition coefficient (Wildman–Crippen LogP) is 3.14. The highest BCUT2D eigenvalue weighted by Gasteiger charge is 2.29. The number of rotatable bonds is 6. The molecule has 7 nitrogen and oxygen atoms in total. The molecule has 1 fully saturated rings. The summed E-state index contributed by atoms with van der Waals surface area (Å²) in [5, 5.41) is 14.3. The highest BCUT2D eigenvalue weighted by Crippen LogP contribution is 2.25. The van der Waals surface area contributed by atoms with Gasteiger partial charge in [-0.3, -0.25) is 9.59 Å². The van der Waals surface area contributed by atoms with Gasteiger partial charge < -0.3 is 15.3 Å². The summed E-state index contributed by atoms with van der Waals surface area (Å²) in [5.41, 5.74) is 0.394. The van der Waals surface area contributed by atoms with Crippen molar-refractivity contribution in [3.05, 3.63) is 35.5 Å². The summed E-state index contributed by atoms with van der Waals surface area (Å²) < 4.78 is 0. The lowest BCUT2D eigenvalue weighted by atomic mass is 9.97. The average Bonchev–Trinajstić information content (AvgIpc) is 3.09. The van der Waals surface area contributed by atoms with Crippen molar-refractivity contribution in [1.29, 1.82) is 0 Å². The minimum absolute atomic E-state index is 0.0220. The third-order valence-electron chi connectivity index (χ3n) is 4.20. The van der Waals surface area contributed by atoms with Gasteiger partial charge in [-0.25, -0.2) is 9.97 Å². The molecule has 2 aromatic heterocycles. The van der Waals surface area contributed by atoms with Gasteiger partial charge in [0, 0.05) is 30.6 Å². The molecule has 1 atom stereocenters. The molecule has 0 bridgehead atoms. The fourth-order valence-corrected chi connectivity index (χ4v) is 3.67. The lowest BCUT2D eigenvalue weighted by Crippen LogP contribution is -2.44. The number of anilines is 2. The maximum absolute atomic E-state index is 12.8. The highest BCUT2D eigenvalue weighted by atomic mass is 32.1. The standard InChI is InChI=1S/C17H20N4O3S/c22-15(23)8-7-12-5-2-4-10-21(12)16(24)13-11-25-17(19-13)20-14-6-1-3-9-18-14/h1,3,6,9,11-12H,2,4-5,7-8,10H2,(H,22,23)(H,18,19,20). The first kappa shape index (κ1) is 17.3. The number of aliphatic carboxylic acids is 1. The Bertz CT molecular complexity index is 735. The Morgan fingerprint density at radius 1 is 1.36 bits per heavy atom. The molecule has 3 heterocycles. The molecule has 25 heavy (non-hydrogen) atoms. The van der Waals surface area contributed by atoms with Crippen LogP contribution in [-0.4, -0.2) is 44.4 Å². The third-order valence-corrected chi connectivity index (χ3v) is 4.96. The smallest absolute Gasteiger partial charge is 0.303 e. The van der Waals surface area contributed by atoms with Crippen LogP contribution in [0.15, 0.2) is 29.8 Å². The zero-order chi connectivity index (χ0) is 17.6. The SMILES string of the molecule is O=C(O)CCC1CCCCN1C(=O)c1csc(Nc2ccccn2)n1. The number of nitrogens with one attached hydrogen (secondary N) is 1. The first-order valence-corrected chi connectivity index (χ1v) is 9.18. The van der Waals surface area contributed by atoms with E-state index in [2.05, 4.69) is 15.3 Å². The lowest BCUT2D eigenvalue weighted by Gasteiger charge is -2.35. The van der Waals surface area contributed by atoms with E-state index in [9.17, 15) is 9.59 Å². The summed E-state index contributed by atoms with van der Waals surface area (Å²) in [7, 11) is 0. The van der Waals surface area contributed by atoms with Crippen LogP contribution in [0.3, 0.4) is 0 Å². The van der Waals surface area contributed by atoms with Crippen molar-refractivity contribution >= 4 is 34.2 Å². The van der Waals surface area contributed by atoms with Crippen molar-refractivity contribution in [3.63, 3.8) is 0 Å². The number of aromatic nitrogens is 2. The quantitative estimate of drug-likeness (QED) is 0.822.